The lowest BCUT2D eigenvalue weighted by Gasteiger charge is -2.35. The quantitative estimate of drug-likeness (QED) is 0.939. The minimum Gasteiger partial charge on any atom is -0.388 e. The van der Waals surface area contributed by atoms with Crippen molar-refractivity contribution in [3.05, 3.63) is 41.8 Å². The summed E-state index contributed by atoms with van der Waals surface area (Å²) >= 11 is 0. The number of amides is 1. The van der Waals surface area contributed by atoms with E-state index >= 15 is 0 Å². The molecule has 1 aromatic carbocycles. The fourth-order valence-electron chi connectivity index (χ4n) is 2.64. The van der Waals surface area contributed by atoms with Crippen LogP contribution in [-0.2, 0) is 0 Å². The van der Waals surface area contributed by atoms with Crippen molar-refractivity contribution < 1.29 is 9.32 Å². The molecule has 0 bridgehead atoms. The minimum absolute atomic E-state index is 0.0537. The van der Waals surface area contributed by atoms with E-state index in [1.165, 1.54) is 5.69 Å². The molecule has 6 heteroatoms. The Bertz CT molecular complexity index is 642. The summed E-state index contributed by atoms with van der Waals surface area (Å²) in [5.74, 6) is 0.605. The van der Waals surface area contributed by atoms with E-state index in [2.05, 4.69) is 39.6 Å². The molecule has 2 heterocycles. The fraction of sp³-hybridized carbons (Fsp3) is 0.375. The standard InChI is InChI=1S/C16H20N4O2/c1-12-11-15(18-22-12)16(21)20-9-7-19(8-10-20)14-5-3-13(17-2)4-6-14/h3-6,11,17H,7-10H2,1-2H3. The van der Waals surface area contributed by atoms with Crippen molar-refractivity contribution in [1.82, 2.24) is 10.1 Å². The van der Waals surface area contributed by atoms with Gasteiger partial charge in [0.15, 0.2) is 5.69 Å². The predicted octanol–water partition coefficient (Wildman–Crippen LogP) is 1.99. The smallest absolute Gasteiger partial charge is 0.276 e. The van der Waals surface area contributed by atoms with Crippen molar-refractivity contribution in [2.75, 3.05) is 43.4 Å². The molecule has 0 spiro atoms. The molecule has 2 aromatic rings. The first-order valence-corrected chi connectivity index (χ1v) is 7.43. The third-order valence-corrected chi connectivity index (χ3v) is 3.94. The Morgan fingerprint density at radius 1 is 1.18 bits per heavy atom. The molecule has 6 nitrogen and oxygen atoms in total. The lowest BCUT2D eigenvalue weighted by molar-refractivity contribution is 0.0736. The number of benzene rings is 1. The van der Waals surface area contributed by atoms with Gasteiger partial charge in [0, 0.05) is 50.7 Å². The van der Waals surface area contributed by atoms with Crippen LogP contribution < -0.4 is 10.2 Å². The maximum Gasteiger partial charge on any atom is 0.276 e. The van der Waals surface area contributed by atoms with Crippen molar-refractivity contribution in [2.45, 2.75) is 6.92 Å². The van der Waals surface area contributed by atoms with Crippen LogP contribution >= 0.6 is 0 Å². The summed E-state index contributed by atoms with van der Waals surface area (Å²) in [5, 5.41) is 6.91. The number of aryl methyl sites for hydroxylation is 1. The number of hydrogen-bond donors (Lipinski definition) is 1. The Morgan fingerprint density at radius 2 is 1.86 bits per heavy atom. The Kier molecular flexibility index (Phi) is 4.00. The van der Waals surface area contributed by atoms with E-state index < -0.39 is 0 Å². The largest absolute Gasteiger partial charge is 0.388 e. The van der Waals surface area contributed by atoms with E-state index in [-0.39, 0.29) is 5.91 Å². The Labute approximate surface area is 129 Å². The molecule has 116 valence electrons. The number of nitrogens with zero attached hydrogens (tertiary/aromatic N) is 3. The Morgan fingerprint density at radius 3 is 2.41 bits per heavy atom. The number of carbonyl (C=O) groups is 1. The molecule has 0 saturated carbocycles. The van der Waals surface area contributed by atoms with Crippen LogP contribution in [0.25, 0.3) is 0 Å². The zero-order chi connectivity index (χ0) is 15.5. The second kappa shape index (κ2) is 6.09. The molecule has 0 radical (unpaired) electrons. The van der Waals surface area contributed by atoms with E-state index in [0.717, 1.165) is 18.8 Å². The summed E-state index contributed by atoms with van der Waals surface area (Å²) in [6.45, 7) is 4.82. The second-order valence-corrected chi connectivity index (χ2v) is 5.40. The zero-order valence-electron chi connectivity index (χ0n) is 12.9. The maximum atomic E-state index is 12.3. The Balaban J connectivity index is 1.61. The average Bonchev–Trinajstić information content (AvgIpc) is 3.01. The summed E-state index contributed by atoms with van der Waals surface area (Å²) in [6, 6.07) is 10.0. The van der Waals surface area contributed by atoms with E-state index in [1.54, 1.807) is 13.0 Å². The SMILES string of the molecule is CNc1ccc(N2CCN(C(=O)c3cc(C)on3)CC2)cc1. The lowest BCUT2D eigenvalue weighted by atomic mass is 10.2. The number of piperazine rings is 1. The van der Waals surface area contributed by atoms with Crippen molar-refractivity contribution in [3.63, 3.8) is 0 Å². The summed E-state index contributed by atoms with van der Waals surface area (Å²) in [6.07, 6.45) is 0. The number of rotatable bonds is 3. The molecule has 1 saturated heterocycles. The zero-order valence-corrected chi connectivity index (χ0v) is 12.9. The highest BCUT2D eigenvalue weighted by Crippen LogP contribution is 2.19. The first-order valence-electron chi connectivity index (χ1n) is 7.43. The molecule has 1 fully saturated rings. The van der Waals surface area contributed by atoms with Gasteiger partial charge >= 0.3 is 0 Å². The van der Waals surface area contributed by atoms with Gasteiger partial charge in [-0.25, -0.2) is 0 Å². The van der Waals surface area contributed by atoms with Gasteiger partial charge in [-0.05, 0) is 31.2 Å². The molecular weight excluding hydrogens is 280 g/mol. The third-order valence-electron chi connectivity index (χ3n) is 3.94. The molecule has 0 unspecified atom stereocenters. The van der Waals surface area contributed by atoms with Crippen LogP contribution in [0.4, 0.5) is 11.4 Å². The maximum absolute atomic E-state index is 12.3. The van der Waals surface area contributed by atoms with Crippen LogP contribution in [-0.4, -0.2) is 49.2 Å². The summed E-state index contributed by atoms with van der Waals surface area (Å²) in [5.41, 5.74) is 2.67. The highest BCUT2D eigenvalue weighted by Gasteiger charge is 2.24. The van der Waals surface area contributed by atoms with Crippen molar-refractivity contribution in [2.24, 2.45) is 0 Å². The van der Waals surface area contributed by atoms with Gasteiger partial charge in [-0.1, -0.05) is 5.16 Å². The summed E-state index contributed by atoms with van der Waals surface area (Å²) < 4.78 is 4.97. The van der Waals surface area contributed by atoms with Crippen molar-refractivity contribution in [3.8, 4) is 0 Å². The van der Waals surface area contributed by atoms with Gasteiger partial charge in [-0.2, -0.15) is 0 Å². The first-order chi connectivity index (χ1) is 10.7. The first kappa shape index (κ1) is 14.4. The summed E-state index contributed by atoms with van der Waals surface area (Å²) in [4.78, 5) is 16.4. The van der Waals surface area contributed by atoms with Gasteiger partial charge in [0.1, 0.15) is 5.76 Å². The molecule has 3 rings (SSSR count). The highest BCUT2D eigenvalue weighted by atomic mass is 16.5. The van der Waals surface area contributed by atoms with Crippen LogP contribution in [0, 0.1) is 6.92 Å². The molecular formula is C16H20N4O2. The van der Waals surface area contributed by atoms with Crippen LogP contribution in [0.3, 0.4) is 0 Å². The number of hydrogen-bond acceptors (Lipinski definition) is 5. The van der Waals surface area contributed by atoms with Gasteiger partial charge in [-0.3, -0.25) is 4.79 Å². The van der Waals surface area contributed by atoms with E-state index in [9.17, 15) is 4.79 Å². The molecule has 1 aliphatic rings. The highest BCUT2D eigenvalue weighted by molar-refractivity contribution is 5.92. The van der Waals surface area contributed by atoms with Crippen LogP contribution in [0.15, 0.2) is 34.9 Å². The average molecular weight is 300 g/mol. The molecule has 1 aliphatic heterocycles. The molecule has 22 heavy (non-hydrogen) atoms. The van der Waals surface area contributed by atoms with E-state index in [4.69, 9.17) is 4.52 Å². The predicted molar refractivity (Wildman–Crippen MR) is 85.3 cm³/mol. The van der Waals surface area contributed by atoms with Gasteiger partial charge in [-0.15, -0.1) is 0 Å². The summed E-state index contributed by atoms with van der Waals surface area (Å²) in [7, 11) is 1.91. The van der Waals surface area contributed by atoms with Crippen molar-refractivity contribution in [1.29, 1.82) is 0 Å². The van der Waals surface area contributed by atoms with Crippen LogP contribution in [0.2, 0.25) is 0 Å². The van der Waals surface area contributed by atoms with Gasteiger partial charge in [0.2, 0.25) is 0 Å². The molecule has 1 N–H and O–H groups in total. The van der Waals surface area contributed by atoms with Crippen molar-refractivity contribution >= 4 is 17.3 Å². The number of aromatic nitrogens is 1. The van der Waals surface area contributed by atoms with E-state index in [1.807, 2.05) is 11.9 Å². The fourth-order valence-corrected chi connectivity index (χ4v) is 2.64. The number of anilines is 2. The van der Waals surface area contributed by atoms with E-state index in [0.29, 0.717) is 24.5 Å². The lowest BCUT2D eigenvalue weighted by Crippen LogP contribution is -2.48. The third kappa shape index (κ3) is 2.90. The minimum atomic E-state index is -0.0537. The normalized spacial score (nSPS) is 15.0. The van der Waals surface area contributed by atoms with Crippen LogP contribution in [0.5, 0.6) is 0 Å². The van der Waals surface area contributed by atoms with Gasteiger partial charge < -0.3 is 19.6 Å². The Hall–Kier alpha value is -2.50. The number of carbonyl (C=O) groups excluding carboxylic acids is 1. The monoisotopic (exact) mass is 300 g/mol. The molecule has 0 atom stereocenters. The molecule has 1 aromatic heterocycles. The second-order valence-electron chi connectivity index (χ2n) is 5.40. The number of nitrogens with one attached hydrogen (secondary N) is 1. The topological polar surface area (TPSA) is 61.6 Å². The molecule has 1 amide bonds. The van der Waals surface area contributed by atoms with Gasteiger partial charge in [0.05, 0.1) is 0 Å². The van der Waals surface area contributed by atoms with Gasteiger partial charge in [0.25, 0.3) is 5.91 Å². The van der Waals surface area contributed by atoms with Crippen LogP contribution in [0.1, 0.15) is 16.2 Å². The molecule has 0 aliphatic carbocycles.